The molecule has 0 amide bonds. The van der Waals surface area contributed by atoms with E-state index in [0.29, 0.717) is 21.6 Å². The van der Waals surface area contributed by atoms with E-state index in [1.165, 1.54) is 12.1 Å². The minimum Gasteiger partial charge on any atom is -0.489 e. The molecule has 6 heteroatoms. The summed E-state index contributed by atoms with van der Waals surface area (Å²) in [6, 6.07) is 17.0. The van der Waals surface area contributed by atoms with Crippen LogP contribution >= 0.6 is 23.2 Å². The molecule has 130 valence electrons. The molecule has 0 saturated heterocycles. The quantitative estimate of drug-likeness (QED) is 0.449. The van der Waals surface area contributed by atoms with Gasteiger partial charge in [-0.3, -0.25) is 0 Å². The highest BCUT2D eigenvalue weighted by Gasteiger charge is 2.16. The number of halogens is 3. The molecule has 0 atom stereocenters. The first-order valence-corrected chi connectivity index (χ1v) is 8.67. The molecule has 26 heavy (non-hydrogen) atoms. The second-order valence-electron chi connectivity index (χ2n) is 5.77. The van der Waals surface area contributed by atoms with Crippen molar-refractivity contribution < 1.29 is 9.13 Å². The zero-order chi connectivity index (χ0) is 18.1. The van der Waals surface area contributed by atoms with Gasteiger partial charge in [0.15, 0.2) is 0 Å². The summed E-state index contributed by atoms with van der Waals surface area (Å²) in [6.07, 6.45) is 0. The zero-order valence-corrected chi connectivity index (χ0v) is 15.0. The molecule has 1 heterocycles. The van der Waals surface area contributed by atoms with Gasteiger partial charge in [-0.1, -0.05) is 35.3 Å². The van der Waals surface area contributed by atoms with Crippen molar-refractivity contribution in [3.8, 4) is 17.1 Å². The predicted octanol–water partition coefficient (Wildman–Crippen LogP) is 6.25. The van der Waals surface area contributed by atoms with Crippen LogP contribution in [0.1, 0.15) is 5.56 Å². The third kappa shape index (κ3) is 3.39. The summed E-state index contributed by atoms with van der Waals surface area (Å²) in [5, 5.41) is 0.988. The van der Waals surface area contributed by atoms with Crippen LogP contribution in [0.5, 0.6) is 5.75 Å². The maximum atomic E-state index is 13.0. The maximum absolute atomic E-state index is 13.0. The Kier molecular flexibility index (Phi) is 4.53. The van der Waals surface area contributed by atoms with Gasteiger partial charge >= 0.3 is 0 Å². The lowest BCUT2D eigenvalue weighted by molar-refractivity contribution is 0.306. The molecule has 0 aliphatic carbocycles. The van der Waals surface area contributed by atoms with E-state index >= 15 is 0 Å². The number of fused-ring (bicyclic) bond motifs is 1. The van der Waals surface area contributed by atoms with Crippen molar-refractivity contribution in [2.45, 2.75) is 6.61 Å². The summed E-state index contributed by atoms with van der Waals surface area (Å²) >= 11 is 12.6. The minimum atomic E-state index is -0.314. The molecule has 0 bridgehead atoms. The second kappa shape index (κ2) is 6.98. The molecule has 4 aromatic rings. The van der Waals surface area contributed by atoms with Gasteiger partial charge in [-0.2, -0.15) is 0 Å². The number of imidazole rings is 1. The normalized spacial score (nSPS) is 11.0. The van der Waals surface area contributed by atoms with Gasteiger partial charge in [0.2, 0.25) is 0 Å². The second-order valence-corrected chi connectivity index (χ2v) is 6.61. The number of aromatic amines is 1. The molecule has 0 unspecified atom stereocenters. The number of nitrogens with zero attached hydrogens (tertiary/aromatic N) is 1. The van der Waals surface area contributed by atoms with Crippen LogP contribution in [0.15, 0.2) is 60.7 Å². The predicted molar refractivity (Wildman–Crippen MR) is 102 cm³/mol. The fourth-order valence-electron chi connectivity index (χ4n) is 2.77. The van der Waals surface area contributed by atoms with Gasteiger partial charge in [0, 0.05) is 16.1 Å². The SMILES string of the molecule is Fc1ccc(OCc2cc(Cl)cc(Cl)c2-c2nc3ccccc3[nH]2)cc1. The van der Waals surface area contributed by atoms with Gasteiger partial charge in [-0.25, -0.2) is 9.37 Å². The van der Waals surface area contributed by atoms with Crippen molar-refractivity contribution in [3.05, 3.63) is 82.1 Å². The first-order chi connectivity index (χ1) is 12.6. The number of nitrogens with one attached hydrogen (secondary N) is 1. The van der Waals surface area contributed by atoms with Crippen LogP contribution in [-0.4, -0.2) is 9.97 Å². The Labute approximate surface area is 159 Å². The summed E-state index contributed by atoms with van der Waals surface area (Å²) in [5.74, 6) is 0.884. The van der Waals surface area contributed by atoms with Crippen molar-refractivity contribution in [1.29, 1.82) is 0 Å². The smallest absolute Gasteiger partial charge is 0.140 e. The molecular weight excluding hydrogens is 374 g/mol. The molecule has 1 N–H and O–H groups in total. The number of ether oxygens (including phenoxy) is 1. The van der Waals surface area contributed by atoms with Crippen molar-refractivity contribution in [3.63, 3.8) is 0 Å². The summed E-state index contributed by atoms with van der Waals surface area (Å²) in [7, 11) is 0. The molecule has 3 nitrogen and oxygen atoms in total. The monoisotopic (exact) mass is 386 g/mol. The van der Waals surface area contributed by atoms with Crippen LogP contribution in [0.2, 0.25) is 10.0 Å². The molecule has 4 rings (SSSR count). The maximum Gasteiger partial charge on any atom is 0.140 e. The molecule has 3 aromatic carbocycles. The van der Waals surface area contributed by atoms with Gasteiger partial charge < -0.3 is 9.72 Å². The Morgan fingerprint density at radius 3 is 2.54 bits per heavy atom. The summed E-state index contributed by atoms with van der Waals surface area (Å²) in [4.78, 5) is 7.89. The third-order valence-corrected chi connectivity index (χ3v) is 4.49. The van der Waals surface area contributed by atoms with Gasteiger partial charge in [-0.15, -0.1) is 0 Å². The van der Waals surface area contributed by atoms with Crippen molar-refractivity contribution in [2.24, 2.45) is 0 Å². The Hall–Kier alpha value is -2.56. The van der Waals surface area contributed by atoms with Crippen molar-refractivity contribution in [2.75, 3.05) is 0 Å². The zero-order valence-electron chi connectivity index (χ0n) is 13.5. The average Bonchev–Trinajstić information content (AvgIpc) is 3.04. The van der Waals surface area contributed by atoms with E-state index in [4.69, 9.17) is 27.9 Å². The van der Waals surface area contributed by atoms with Crippen molar-refractivity contribution >= 4 is 34.2 Å². The number of hydrogen-bond donors (Lipinski definition) is 1. The minimum absolute atomic E-state index is 0.221. The summed E-state index contributed by atoms with van der Waals surface area (Å²) < 4.78 is 18.8. The van der Waals surface area contributed by atoms with Gasteiger partial charge in [0.25, 0.3) is 0 Å². The van der Waals surface area contributed by atoms with Crippen LogP contribution in [0.4, 0.5) is 4.39 Å². The highest BCUT2D eigenvalue weighted by molar-refractivity contribution is 6.36. The third-order valence-electron chi connectivity index (χ3n) is 3.97. The Bertz CT molecular complexity index is 1040. The lowest BCUT2D eigenvalue weighted by atomic mass is 10.1. The van der Waals surface area contributed by atoms with Crippen LogP contribution < -0.4 is 4.74 Å². The molecule has 1 aromatic heterocycles. The van der Waals surface area contributed by atoms with E-state index in [1.54, 1.807) is 24.3 Å². The number of aromatic nitrogens is 2. The van der Waals surface area contributed by atoms with Crippen LogP contribution in [0.3, 0.4) is 0 Å². The molecule has 0 fully saturated rings. The van der Waals surface area contributed by atoms with Gasteiger partial charge in [0.05, 0.1) is 16.1 Å². The van der Waals surface area contributed by atoms with Crippen LogP contribution in [-0.2, 0) is 6.61 Å². The Balaban J connectivity index is 1.72. The highest BCUT2D eigenvalue weighted by atomic mass is 35.5. The largest absolute Gasteiger partial charge is 0.489 e. The van der Waals surface area contributed by atoms with E-state index < -0.39 is 0 Å². The standard InChI is InChI=1S/C20H13Cl2FN2O/c21-13-9-12(11-26-15-7-5-14(23)6-8-15)19(16(22)10-13)20-24-17-3-1-2-4-18(17)25-20/h1-10H,11H2,(H,24,25). The van der Waals surface area contributed by atoms with Crippen LogP contribution in [0, 0.1) is 5.82 Å². The summed E-state index contributed by atoms with van der Waals surface area (Å²) in [5.41, 5.74) is 3.28. The molecule has 0 aliphatic rings. The molecular formula is C20H13Cl2FN2O. The molecule has 0 saturated carbocycles. The highest BCUT2D eigenvalue weighted by Crippen LogP contribution is 2.34. The number of hydrogen-bond acceptors (Lipinski definition) is 2. The molecule has 0 radical (unpaired) electrons. The first-order valence-electron chi connectivity index (χ1n) is 7.91. The number of para-hydroxylation sites is 2. The number of benzene rings is 3. The lowest BCUT2D eigenvalue weighted by Gasteiger charge is -2.12. The van der Waals surface area contributed by atoms with E-state index in [-0.39, 0.29) is 12.4 Å². The number of rotatable bonds is 4. The summed E-state index contributed by atoms with van der Waals surface area (Å²) in [6.45, 7) is 0.221. The lowest BCUT2D eigenvalue weighted by Crippen LogP contribution is -2.00. The average molecular weight is 387 g/mol. The van der Waals surface area contributed by atoms with E-state index in [9.17, 15) is 4.39 Å². The van der Waals surface area contributed by atoms with Crippen molar-refractivity contribution in [1.82, 2.24) is 9.97 Å². The van der Waals surface area contributed by atoms with E-state index in [2.05, 4.69) is 9.97 Å². The number of H-pyrrole nitrogens is 1. The topological polar surface area (TPSA) is 37.9 Å². The molecule has 0 aliphatic heterocycles. The van der Waals surface area contributed by atoms with E-state index in [0.717, 1.165) is 22.2 Å². The first kappa shape index (κ1) is 16.9. The van der Waals surface area contributed by atoms with Crippen LogP contribution in [0.25, 0.3) is 22.4 Å². The van der Waals surface area contributed by atoms with Gasteiger partial charge in [0.1, 0.15) is 24.0 Å². The Morgan fingerprint density at radius 1 is 1.00 bits per heavy atom. The molecule has 0 spiro atoms. The van der Waals surface area contributed by atoms with E-state index in [1.807, 2.05) is 24.3 Å². The van der Waals surface area contributed by atoms with Gasteiger partial charge in [-0.05, 0) is 48.5 Å². The Morgan fingerprint density at radius 2 is 1.77 bits per heavy atom. The fourth-order valence-corrected chi connectivity index (χ4v) is 3.39. The fraction of sp³-hybridized carbons (Fsp3) is 0.0500.